The van der Waals surface area contributed by atoms with Gasteiger partial charge >= 0.3 is 0 Å². The minimum Gasteiger partial charge on any atom is -0.294 e. The Kier molecular flexibility index (Phi) is 3.75. The largest absolute Gasteiger partial charge is 0.294 e. The molecule has 0 aromatic heterocycles. The van der Waals surface area contributed by atoms with Crippen molar-refractivity contribution in [1.82, 2.24) is 0 Å². The molecule has 1 nitrogen and oxygen atoms in total. The minimum atomic E-state index is -0.220. The van der Waals surface area contributed by atoms with Crippen molar-refractivity contribution in [3.05, 3.63) is 70.3 Å². The Bertz CT molecular complexity index is 644. The quantitative estimate of drug-likeness (QED) is 0.701. The molecule has 1 spiro atoms. The van der Waals surface area contributed by atoms with Crippen molar-refractivity contribution >= 4 is 21.7 Å². The van der Waals surface area contributed by atoms with E-state index >= 15 is 0 Å². The van der Waals surface area contributed by atoms with Crippen molar-refractivity contribution in [2.75, 3.05) is 0 Å². The summed E-state index contributed by atoms with van der Waals surface area (Å²) in [5.74, 6) is 0.326. The van der Waals surface area contributed by atoms with E-state index in [1.807, 2.05) is 24.3 Å². The molecule has 0 atom stereocenters. The van der Waals surface area contributed by atoms with E-state index in [-0.39, 0.29) is 5.41 Å². The van der Waals surface area contributed by atoms with Crippen molar-refractivity contribution in [1.29, 1.82) is 0 Å². The van der Waals surface area contributed by atoms with E-state index in [9.17, 15) is 4.79 Å². The average molecular weight is 343 g/mol. The van der Waals surface area contributed by atoms with Crippen molar-refractivity contribution in [2.24, 2.45) is 5.41 Å². The third-order valence-corrected chi connectivity index (χ3v) is 5.47. The second-order valence-electron chi connectivity index (χ2n) is 6.05. The monoisotopic (exact) mass is 342 g/mol. The van der Waals surface area contributed by atoms with Crippen LogP contribution in [0.4, 0.5) is 0 Å². The lowest BCUT2D eigenvalue weighted by Gasteiger charge is -2.25. The van der Waals surface area contributed by atoms with Crippen LogP contribution in [-0.2, 0) is 6.42 Å². The van der Waals surface area contributed by atoms with Gasteiger partial charge in [-0.25, -0.2) is 0 Å². The van der Waals surface area contributed by atoms with E-state index in [0.717, 1.165) is 42.1 Å². The molecule has 1 aromatic carbocycles. The molecule has 1 aromatic rings. The first kappa shape index (κ1) is 14.5. The zero-order valence-corrected chi connectivity index (χ0v) is 13.7. The SMILES string of the molecule is C=CC1=C(C=C)CCC2(CC1)Cc1ccc(Br)cc1C2=O. The van der Waals surface area contributed by atoms with E-state index in [4.69, 9.17) is 0 Å². The molecule has 0 fully saturated rings. The number of carbonyl (C=O) groups excluding carboxylic acids is 1. The Morgan fingerprint density at radius 3 is 2.29 bits per heavy atom. The summed E-state index contributed by atoms with van der Waals surface area (Å²) >= 11 is 3.47. The first-order valence-corrected chi connectivity index (χ1v) is 8.19. The highest BCUT2D eigenvalue weighted by Crippen LogP contribution is 2.47. The van der Waals surface area contributed by atoms with Gasteiger partial charge in [-0.3, -0.25) is 4.79 Å². The van der Waals surface area contributed by atoms with Gasteiger partial charge in [0.05, 0.1) is 0 Å². The van der Waals surface area contributed by atoms with Gasteiger partial charge in [-0.2, -0.15) is 0 Å². The van der Waals surface area contributed by atoms with Gasteiger partial charge in [0.15, 0.2) is 5.78 Å². The van der Waals surface area contributed by atoms with Gasteiger partial charge in [-0.05, 0) is 60.9 Å². The highest BCUT2D eigenvalue weighted by atomic mass is 79.9. The highest BCUT2D eigenvalue weighted by Gasteiger charge is 2.45. The zero-order valence-electron chi connectivity index (χ0n) is 12.1. The molecular weight excluding hydrogens is 324 g/mol. The summed E-state index contributed by atoms with van der Waals surface area (Å²) in [5.41, 5.74) is 4.40. The van der Waals surface area contributed by atoms with E-state index in [0.29, 0.717) is 5.78 Å². The summed E-state index contributed by atoms with van der Waals surface area (Å²) in [4.78, 5) is 13.0. The number of carbonyl (C=O) groups is 1. The Hall–Kier alpha value is -1.41. The van der Waals surface area contributed by atoms with Crippen LogP contribution in [0.5, 0.6) is 0 Å². The predicted octanol–water partition coefficient (Wildman–Crippen LogP) is 5.42. The number of allylic oxidation sites excluding steroid dienone is 4. The van der Waals surface area contributed by atoms with Crippen LogP contribution in [0.1, 0.15) is 41.6 Å². The van der Waals surface area contributed by atoms with Crippen LogP contribution < -0.4 is 0 Å². The van der Waals surface area contributed by atoms with E-state index in [1.165, 1.54) is 16.7 Å². The highest BCUT2D eigenvalue weighted by molar-refractivity contribution is 9.10. The molecule has 108 valence electrons. The van der Waals surface area contributed by atoms with Gasteiger partial charge in [0.2, 0.25) is 0 Å². The molecule has 0 heterocycles. The molecule has 0 saturated heterocycles. The number of benzene rings is 1. The van der Waals surface area contributed by atoms with Crippen LogP contribution in [-0.4, -0.2) is 5.78 Å². The van der Waals surface area contributed by atoms with Gasteiger partial charge in [0.25, 0.3) is 0 Å². The van der Waals surface area contributed by atoms with Gasteiger partial charge in [0, 0.05) is 15.5 Å². The van der Waals surface area contributed by atoms with E-state index in [1.54, 1.807) is 0 Å². The molecule has 0 unspecified atom stereocenters. The Morgan fingerprint density at radius 2 is 1.71 bits per heavy atom. The summed E-state index contributed by atoms with van der Waals surface area (Å²) in [6.07, 6.45) is 8.41. The molecule has 0 radical (unpaired) electrons. The number of rotatable bonds is 2. The van der Waals surface area contributed by atoms with Crippen LogP contribution in [0.15, 0.2) is 59.1 Å². The lowest BCUT2D eigenvalue weighted by atomic mass is 9.76. The number of ketones is 1. The number of halogens is 1. The maximum absolute atomic E-state index is 13.0. The fourth-order valence-electron chi connectivity index (χ4n) is 3.71. The first-order chi connectivity index (χ1) is 10.1. The molecule has 21 heavy (non-hydrogen) atoms. The molecule has 0 N–H and O–H groups in total. The van der Waals surface area contributed by atoms with Gasteiger partial charge in [-0.15, -0.1) is 0 Å². The predicted molar refractivity (Wildman–Crippen MR) is 90.5 cm³/mol. The van der Waals surface area contributed by atoms with Crippen LogP contribution in [0.2, 0.25) is 0 Å². The fraction of sp³-hybridized carbons (Fsp3) is 0.316. The summed E-state index contributed by atoms with van der Waals surface area (Å²) in [7, 11) is 0. The molecular formula is C19H19BrO. The van der Waals surface area contributed by atoms with Crippen molar-refractivity contribution < 1.29 is 4.79 Å². The normalized spacial score (nSPS) is 20.3. The van der Waals surface area contributed by atoms with Crippen LogP contribution >= 0.6 is 15.9 Å². The van der Waals surface area contributed by atoms with Crippen molar-refractivity contribution in [2.45, 2.75) is 32.1 Å². The van der Waals surface area contributed by atoms with E-state index < -0.39 is 0 Å². The van der Waals surface area contributed by atoms with E-state index in [2.05, 4.69) is 35.2 Å². The lowest BCUT2D eigenvalue weighted by Crippen LogP contribution is -2.27. The minimum absolute atomic E-state index is 0.220. The Labute approximate surface area is 134 Å². The molecule has 2 aliphatic rings. The van der Waals surface area contributed by atoms with Crippen molar-refractivity contribution in [3.8, 4) is 0 Å². The molecule has 0 aliphatic heterocycles. The lowest BCUT2D eigenvalue weighted by molar-refractivity contribution is 0.0794. The van der Waals surface area contributed by atoms with Crippen LogP contribution in [0.25, 0.3) is 0 Å². The van der Waals surface area contributed by atoms with Gasteiger partial charge in [-0.1, -0.05) is 47.3 Å². The van der Waals surface area contributed by atoms with Gasteiger partial charge in [0.1, 0.15) is 0 Å². The number of Topliss-reactive ketones (excluding diaryl/α,β-unsaturated/α-hetero) is 1. The molecule has 0 bridgehead atoms. The second-order valence-corrected chi connectivity index (χ2v) is 6.96. The van der Waals surface area contributed by atoms with Crippen LogP contribution in [0.3, 0.4) is 0 Å². The molecule has 2 aliphatic carbocycles. The third-order valence-electron chi connectivity index (χ3n) is 4.98. The standard InChI is InChI=1S/C19H19BrO/c1-3-13-7-9-19(10-8-14(13)4-2)12-15-5-6-16(20)11-17(15)18(19)21/h3-6,11H,1-2,7-10,12H2. The van der Waals surface area contributed by atoms with Crippen molar-refractivity contribution in [3.63, 3.8) is 0 Å². The number of hydrogen-bond acceptors (Lipinski definition) is 1. The number of hydrogen-bond donors (Lipinski definition) is 0. The summed E-state index contributed by atoms with van der Waals surface area (Å²) < 4.78 is 0.983. The molecule has 3 rings (SSSR count). The fourth-order valence-corrected chi connectivity index (χ4v) is 4.07. The summed E-state index contributed by atoms with van der Waals surface area (Å²) in [5, 5.41) is 0. The Morgan fingerprint density at radius 1 is 1.10 bits per heavy atom. The first-order valence-electron chi connectivity index (χ1n) is 7.40. The third kappa shape index (κ3) is 2.36. The second kappa shape index (κ2) is 5.42. The smallest absolute Gasteiger partial charge is 0.169 e. The number of fused-ring (bicyclic) bond motifs is 1. The average Bonchev–Trinajstić information content (AvgIpc) is 2.65. The topological polar surface area (TPSA) is 17.1 Å². The maximum Gasteiger partial charge on any atom is 0.169 e. The summed E-state index contributed by atoms with van der Waals surface area (Å²) in [6.45, 7) is 7.83. The van der Waals surface area contributed by atoms with Gasteiger partial charge < -0.3 is 0 Å². The zero-order chi connectivity index (χ0) is 15.0. The van der Waals surface area contributed by atoms with Crippen LogP contribution in [0, 0.1) is 5.41 Å². The molecule has 0 saturated carbocycles. The summed E-state index contributed by atoms with van der Waals surface area (Å²) in [6, 6.07) is 6.10. The Balaban J connectivity index is 1.94. The molecule has 0 amide bonds. The maximum atomic E-state index is 13.0. The molecule has 2 heteroatoms.